The van der Waals surface area contributed by atoms with E-state index in [1.807, 2.05) is 24.0 Å². The van der Waals surface area contributed by atoms with Crippen molar-refractivity contribution in [2.75, 3.05) is 6.54 Å². The molecule has 0 atom stereocenters. The first kappa shape index (κ1) is 26.9. The highest BCUT2D eigenvalue weighted by Gasteiger charge is 2.32. The largest absolute Gasteiger partial charge is 0.481 e. The van der Waals surface area contributed by atoms with Gasteiger partial charge in [-0.25, -0.2) is 0 Å². The third-order valence-electron chi connectivity index (χ3n) is 8.07. The summed E-state index contributed by atoms with van der Waals surface area (Å²) in [6.45, 7) is 0.527. The van der Waals surface area contributed by atoms with Gasteiger partial charge in [0.05, 0.1) is 6.42 Å². The number of nitrogens with two attached hydrogens (primary N) is 1. The maximum atomic E-state index is 10.6. The number of hydrogen-bond acceptors (Lipinski definition) is 3. The number of carboxylic acid groups (broad SMARTS) is 1. The van der Waals surface area contributed by atoms with Gasteiger partial charge in [-0.3, -0.25) is 4.79 Å². The van der Waals surface area contributed by atoms with Crippen LogP contribution in [-0.4, -0.2) is 27.2 Å². The third-order valence-corrected chi connectivity index (χ3v) is 8.48. The summed E-state index contributed by atoms with van der Waals surface area (Å²) in [4.78, 5) is 13.4. The number of nitrogens with one attached hydrogen (secondary N) is 1. The van der Waals surface area contributed by atoms with Crippen LogP contribution in [-0.2, 0) is 11.8 Å². The Labute approximate surface area is 233 Å². The van der Waals surface area contributed by atoms with Crippen molar-refractivity contribution in [3.63, 3.8) is 0 Å². The molecule has 1 aliphatic carbocycles. The average Bonchev–Trinajstić information content (AvgIpc) is 3.34. The zero-order valence-corrected chi connectivity index (χ0v) is 23.1. The molecule has 0 unspecified atom stereocenters. The van der Waals surface area contributed by atoms with Gasteiger partial charge in [-0.05, 0) is 86.2 Å². The Morgan fingerprint density at radius 1 is 0.897 bits per heavy atom. The molecular weight excluding hydrogens is 502 g/mol. The van der Waals surface area contributed by atoms with E-state index in [1.165, 1.54) is 49.5 Å². The first-order valence-electron chi connectivity index (χ1n) is 13.6. The van der Waals surface area contributed by atoms with E-state index < -0.39 is 5.97 Å². The van der Waals surface area contributed by atoms with Gasteiger partial charge in [-0.1, -0.05) is 86.0 Å². The second kappa shape index (κ2) is 11.6. The van der Waals surface area contributed by atoms with Crippen molar-refractivity contribution < 1.29 is 9.90 Å². The highest BCUT2D eigenvalue weighted by Crippen LogP contribution is 2.39. The molecule has 200 valence electrons. The fourth-order valence-electron chi connectivity index (χ4n) is 5.96. The Balaban J connectivity index is 0.000000138. The van der Waals surface area contributed by atoms with Gasteiger partial charge in [-0.2, -0.15) is 0 Å². The minimum absolute atomic E-state index is 0.0793. The topological polar surface area (TPSA) is 84.0 Å². The van der Waals surface area contributed by atoms with E-state index in [9.17, 15) is 4.79 Å². The van der Waals surface area contributed by atoms with Crippen LogP contribution in [0.25, 0.3) is 43.1 Å². The Hall–Kier alpha value is -3.74. The molecule has 0 radical (unpaired) electrons. The molecule has 1 aliphatic rings. The molecule has 0 saturated heterocycles. The highest BCUT2D eigenvalue weighted by molar-refractivity contribution is 7.71. The predicted molar refractivity (Wildman–Crippen MR) is 165 cm³/mol. The molecule has 4 N–H and O–H groups in total. The Morgan fingerprint density at radius 3 is 2.18 bits per heavy atom. The number of carbonyl (C=O) groups is 1. The lowest BCUT2D eigenvalue weighted by molar-refractivity contribution is -0.140. The number of benzene rings is 5. The second-order valence-corrected chi connectivity index (χ2v) is 11.1. The Kier molecular flexibility index (Phi) is 7.96. The number of imidazole rings is 1. The maximum absolute atomic E-state index is 10.6. The molecule has 6 aromatic rings. The normalized spacial score (nSPS) is 14.6. The number of aryl methyl sites for hydroxylation is 1. The van der Waals surface area contributed by atoms with Crippen LogP contribution in [0.5, 0.6) is 0 Å². The van der Waals surface area contributed by atoms with Gasteiger partial charge in [-0.15, -0.1) is 0 Å². The number of fused-ring (bicyclic) bond motifs is 2. The molecule has 5 nitrogen and oxygen atoms in total. The van der Waals surface area contributed by atoms with Crippen molar-refractivity contribution in [3.8, 4) is 0 Å². The van der Waals surface area contributed by atoms with Crippen molar-refractivity contribution in [3.05, 3.63) is 90.0 Å². The summed E-state index contributed by atoms with van der Waals surface area (Å²) in [5.41, 5.74) is 5.54. The molecule has 0 aliphatic heterocycles. The zero-order chi connectivity index (χ0) is 27.4. The van der Waals surface area contributed by atoms with Gasteiger partial charge in [0.1, 0.15) is 0 Å². The standard InChI is InChI=1S/C20H12.C9H17NO2.C4H6N2S/c1-2-7-17-15(4-1)12-16-9-8-13-5-3-6-14-10-11-18(17)20(16)19(13)14;10-7-9(6-8(11)12)4-2-1-3-5-9;1-6-3-2-5-4(6)7/h1-12H;1-7,10H2,(H,11,12);2-3H,1H3,(H,5,7). The van der Waals surface area contributed by atoms with Crippen molar-refractivity contribution in [2.45, 2.75) is 38.5 Å². The van der Waals surface area contributed by atoms with Gasteiger partial charge in [0.2, 0.25) is 0 Å². The summed E-state index contributed by atoms with van der Waals surface area (Å²) in [6.07, 6.45) is 9.45. The van der Waals surface area contributed by atoms with Crippen LogP contribution in [0, 0.1) is 10.2 Å². The Bertz CT molecular complexity index is 1760. The summed E-state index contributed by atoms with van der Waals surface area (Å²) >= 11 is 4.79. The molecule has 0 amide bonds. The fourth-order valence-corrected chi connectivity index (χ4v) is 6.08. The quantitative estimate of drug-likeness (QED) is 0.121. The van der Waals surface area contributed by atoms with Gasteiger partial charge < -0.3 is 20.4 Å². The van der Waals surface area contributed by atoms with Crippen LogP contribution in [0.4, 0.5) is 0 Å². The highest BCUT2D eigenvalue weighted by atomic mass is 32.1. The number of hydrogen-bond donors (Lipinski definition) is 3. The summed E-state index contributed by atoms with van der Waals surface area (Å²) in [5, 5.41) is 19.5. The Morgan fingerprint density at radius 2 is 1.56 bits per heavy atom. The lowest BCUT2D eigenvalue weighted by Gasteiger charge is -2.34. The van der Waals surface area contributed by atoms with E-state index in [4.69, 9.17) is 23.1 Å². The summed E-state index contributed by atoms with van der Waals surface area (Å²) in [7, 11) is 1.90. The number of H-pyrrole nitrogens is 1. The number of aliphatic carboxylic acids is 1. The molecule has 6 heteroatoms. The van der Waals surface area contributed by atoms with Crippen molar-refractivity contribution >= 4 is 61.3 Å². The van der Waals surface area contributed by atoms with Crippen LogP contribution in [0.15, 0.2) is 85.2 Å². The number of nitrogens with zero attached hydrogens (tertiary/aromatic N) is 1. The van der Waals surface area contributed by atoms with E-state index >= 15 is 0 Å². The molecule has 39 heavy (non-hydrogen) atoms. The molecule has 1 saturated carbocycles. The van der Waals surface area contributed by atoms with E-state index in [0.717, 1.165) is 30.5 Å². The maximum Gasteiger partial charge on any atom is 0.303 e. The molecule has 1 heterocycles. The SMILES string of the molecule is Cn1cc[nH]c1=S.NCC1(CC(=O)O)CCCCC1.c1ccc2c(c1)cc1ccc3cccc4ccc2c1c34. The van der Waals surface area contributed by atoms with Crippen LogP contribution in [0.1, 0.15) is 38.5 Å². The van der Waals surface area contributed by atoms with E-state index in [2.05, 4.69) is 77.8 Å². The second-order valence-electron chi connectivity index (χ2n) is 10.7. The number of rotatable bonds is 3. The minimum Gasteiger partial charge on any atom is -0.481 e. The molecule has 0 bridgehead atoms. The van der Waals surface area contributed by atoms with E-state index in [-0.39, 0.29) is 11.8 Å². The monoisotopic (exact) mass is 537 g/mol. The lowest BCUT2D eigenvalue weighted by atomic mass is 9.72. The van der Waals surface area contributed by atoms with Crippen molar-refractivity contribution in [2.24, 2.45) is 18.2 Å². The van der Waals surface area contributed by atoms with E-state index in [1.54, 1.807) is 0 Å². The van der Waals surface area contributed by atoms with Gasteiger partial charge in [0.15, 0.2) is 4.77 Å². The minimum atomic E-state index is -0.706. The summed E-state index contributed by atoms with van der Waals surface area (Å²) in [6, 6.07) is 26.5. The molecule has 7 rings (SSSR count). The zero-order valence-electron chi connectivity index (χ0n) is 22.3. The molecule has 0 spiro atoms. The lowest BCUT2D eigenvalue weighted by Crippen LogP contribution is -2.34. The fraction of sp³-hybridized carbons (Fsp3) is 0.273. The smallest absolute Gasteiger partial charge is 0.303 e. The summed E-state index contributed by atoms with van der Waals surface area (Å²) < 4.78 is 2.61. The third kappa shape index (κ3) is 5.68. The van der Waals surface area contributed by atoms with Gasteiger partial charge in [0.25, 0.3) is 0 Å². The van der Waals surface area contributed by atoms with Gasteiger partial charge >= 0.3 is 5.97 Å². The van der Waals surface area contributed by atoms with Crippen molar-refractivity contribution in [1.29, 1.82) is 0 Å². The first-order valence-corrected chi connectivity index (χ1v) is 14.0. The van der Waals surface area contributed by atoms with Crippen LogP contribution >= 0.6 is 12.2 Å². The number of aromatic amines is 1. The molecule has 1 aromatic heterocycles. The van der Waals surface area contributed by atoms with E-state index in [0.29, 0.717) is 6.54 Å². The molecular formula is C33H35N3O2S. The first-order chi connectivity index (χ1) is 18.9. The average molecular weight is 538 g/mol. The van der Waals surface area contributed by atoms with Crippen LogP contribution in [0.3, 0.4) is 0 Å². The predicted octanol–water partition coefficient (Wildman–Crippen LogP) is 8.19. The molecule has 1 fully saturated rings. The number of carboxylic acids is 1. The van der Waals surface area contributed by atoms with Crippen LogP contribution < -0.4 is 5.73 Å². The van der Waals surface area contributed by atoms with Crippen LogP contribution in [0.2, 0.25) is 0 Å². The molecule has 5 aromatic carbocycles. The van der Waals surface area contributed by atoms with Gasteiger partial charge in [0, 0.05) is 19.4 Å². The summed E-state index contributed by atoms with van der Waals surface area (Å²) in [5.74, 6) is -0.706. The van der Waals surface area contributed by atoms with Crippen molar-refractivity contribution in [1.82, 2.24) is 9.55 Å². The number of aromatic nitrogens is 2.